The van der Waals surface area contributed by atoms with Crippen LogP contribution >= 0.6 is 11.6 Å². The number of Topliss-reactive ketones (excluding diaryl/α,β-unsaturated/α-hetero) is 1. The lowest BCUT2D eigenvalue weighted by Gasteiger charge is -2.30. The SMILES string of the molecule is CC(C)(C)OC(=O)N[C@@](C)(Cc1c[nH]c2cc(Cl)ccc12)C(=O)OCC(=O)c1ccc(F)cc1. The third kappa shape index (κ3) is 6.35. The van der Waals surface area contributed by atoms with E-state index < -0.39 is 41.4 Å². The van der Waals surface area contributed by atoms with E-state index in [0.29, 0.717) is 5.02 Å². The van der Waals surface area contributed by atoms with E-state index >= 15 is 0 Å². The highest BCUT2D eigenvalue weighted by molar-refractivity contribution is 6.31. The van der Waals surface area contributed by atoms with Gasteiger partial charge in [-0.2, -0.15) is 0 Å². The van der Waals surface area contributed by atoms with Crippen LogP contribution in [0.5, 0.6) is 0 Å². The summed E-state index contributed by atoms with van der Waals surface area (Å²) in [4.78, 5) is 41.2. The molecule has 180 valence electrons. The molecule has 34 heavy (non-hydrogen) atoms. The number of esters is 1. The molecule has 7 nitrogen and oxygen atoms in total. The topological polar surface area (TPSA) is 97.5 Å². The molecule has 2 N–H and O–H groups in total. The van der Waals surface area contributed by atoms with Crippen molar-refractivity contribution >= 4 is 40.3 Å². The van der Waals surface area contributed by atoms with Crippen LogP contribution in [0.3, 0.4) is 0 Å². The summed E-state index contributed by atoms with van der Waals surface area (Å²) in [6.07, 6.45) is 0.962. The van der Waals surface area contributed by atoms with Gasteiger partial charge in [-0.1, -0.05) is 17.7 Å². The van der Waals surface area contributed by atoms with E-state index in [1.807, 2.05) is 0 Å². The van der Waals surface area contributed by atoms with Crippen LogP contribution in [0, 0.1) is 5.82 Å². The van der Waals surface area contributed by atoms with Gasteiger partial charge in [0.05, 0.1) is 0 Å². The zero-order valence-electron chi connectivity index (χ0n) is 19.3. The summed E-state index contributed by atoms with van der Waals surface area (Å²) in [5.41, 5.74) is -0.649. The summed E-state index contributed by atoms with van der Waals surface area (Å²) in [6, 6.07) is 10.2. The monoisotopic (exact) mass is 488 g/mol. The minimum Gasteiger partial charge on any atom is -0.456 e. The van der Waals surface area contributed by atoms with Crippen LogP contribution < -0.4 is 5.32 Å². The Kier molecular flexibility index (Phi) is 7.31. The number of alkyl carbamates (subject to hydrolysis) is 1. The lowest BCUT2D eigenvalue weighted by molar-refractivity contribution is -0.149. The van der Waals surface area contributed by atoms with Gasteiger partial charge in [0.25, 0.3) is 0 Å². The largest absolute Gasteiger partial charge is 0.456 e. The minimum atomic E-state index is -1.56. The van der Waals surface area contributed by atoms with Crippen LogP contribution in [0.15, 0.2) is 48.7 Å². The first-order valence-electron chi connectivity index (χ1n) is 10.6. The molecule has 3 aromatic rings. The normalized spacial score (nSPS) is 13.2. The van der Waals surface area contributed by atoms with Crippen molar-refractivity contribution in [3.8, 4) is 0 Å². The van der Waals surface area contributed by atoms with E-state index in [0.717, 1.165) is 28.6 Å². The Bertz CT molecular complexity index is 1220. The van der Waals surface area contributed by atoms with Crippen molar-refractivity contribution in [3.63, 3.8) is 0 Å². The number of ketones is 1. The number of carbonyl (C=O) groups is 3. The van der Waals surface area contributed by atoms with Crippen LogP contribution in [-0.4, -0.2) is 40.6 Å². The van der Waals surface area contributed by atoms with Gasteiger partial charge in [-0.05, 0) is 69.7 Å². The molecule has 0 saturated heterocycles. The molecule has 3 rings (SSSR count). The number of aromatic amines is 1. The van der Waals surface area contributed by atoms with Gasteiger partial charge in [0.1, 0.15) is 17.0 Å². The van der Waals surface area contributed by atoms with Gasteiger partial charge in [0.2, 0.25) is 0 Å². The minimum absolute atomic E-state index is 0.0530. The van der Waals surface area contributed by atoms with E-state index in [9.17, 15) is 18.8 Å². The van der Waals surface area contributed by atoms with Crippen molar-refractivity contribution in [1.29, 1.82) is 0 Å². The number of hydrogen-bond acceptors (Lipinski definition) is 5. The van der Waals surface area contributed by atoms with Crippen molar-refractivity contribution in [2.45, 2.75) is 45.3 Å². The Morgan fingerprint density at radius 1 is 1.06 bits per heavy atom. The number of benzene rings is 2. The van der Waals surface area contributed by atoms with Crippen LogP contribution in [-0.2, 0) is 20.7 Å². The molecule has 1 aromatic heterocycles. The summed E-state index contributed by atoms with van der Waals surface area (Å²) in [7, 11) is 0. The number of carbonyl (C=O) groups excluding carboxylic acids is 3. The summed E-state index contributed by atoms with van der Waals surface area (Å²) in [6.45, 7) is 6.03. The molecule has 0 fully saturated rings. The molecule has 0 saturated carbocycles. The summed E-state index contributed by atoms with van der Waals surface area (Å²) in [5, 5.41) is 3.97. The predicted octanol–water partition coefficient (Wildman–Crippen LogP) is 5.21. The molecule has 0 aliphatic rings. The zero-order valence-corrected chi connectivity index (χ0v) is 20.1. The van der Waals surface area contributed by atoms with Crippen LogP contribution in [0.1, 0.15) is 43.6 Å². The highest BCUT2D eigenvalue weighted by atomic mass is 35.5. The number of hydrogen-bond donors (Lipinski definition) is 2. The van der Waals surface area contributed by atoms with Gasteiger partial charge in [-0.25, -0.2) is 14.0 Å². The molecule has 1 atom stereocenters. The fraction of sp³-hybridized carbons (Fsp3) is 0.320. The number of halogens is 2. The first kappa shape index (κ1) is 25.2. The molecule has 0 bridgehead atoms. The number of rotatable bonds is 7. The Morgan fingerprint density at radius 3 is 2.38 bits per heavy atom. The van der Waals surface area contributed by atoms with Gasteiger partial charge >= 0.3 is 12.1 Å². The van der Waals surface area contributed by atoms with Crippen LogP contribution in [0.4, 0.5) is 9.18 Å². The lowest BCUT2D eigenvalue weighted by atomic mass is 9.92. The van der Waals surface area contributed by atoms with Crippen molar-refractivity contribution in [2.75, 3.05) is 6.61 Å². The molecular formula is C25H26ClFN2O5. The molecule has 1 heterocycles. The first-order valence-corrected chi connectivity index (χ1v) is 11.0. The van der Waals surface area contributed by atoms with Crippen molar-refractivity contribution < 1.29 is 28.2 Å². The maximum atomic E-state index is 13.1. The predicted molar refractivity (Wildman–Crippen MR) is 126 cm³/mol. The number of H-pyrrole nitrogens is 1. The third-order valence-electron chi connectivity index (χ3n) is 5.00. The molecule has 2 aromatic carbocycles. The molecule has 9 heteroatoms. The van der Waals surface area contributed by atoms with Crippen molar-refractivity contribution in [1.82, 2.24) is 10.3 Å². The summed E-state index contributed by atoms with van der Waals surface area (Å²) >= 11 is 6.05. The maximum Gasteiger partial charge on any atom is 0.408 e. The van der Waals surface area contributed by atoms with Crippen LogP contribution in [0.25, 0.3) is 10.9 Å². The Labute approximate surface area is 201 Å². The fourth-order valence-electron chi connectivity index (χ4n) is 3.39. The van der Waals surface area contributed by atoms with E-state index in [2.05, 4.69) is 10.3 Å². The van der Waals surface area contributed by atoms with Gasteiger partial charge in [-0.3, -0.25) is 4.79 Å². The average Bonchev–Trinajstić information content (AvgIpc) is 3.11. The smallest absolute Gasteiger partial charge is 0.408 e. The standard InChI is InChI=1S/C25H26ClFN2O5/c1-24(2,3)34-23(32)29-25(4,12-16-13-28-20-11-17(26)7-10-19(16)20)22(31)33-14-21(30)15-5-8-18(27)9-6-15/h5-11,13,28H,12,14H2,1-4H3,(H,29,32)/t25-/m0/s1. The lowest BCUT2D eigenvalue weighted by Crippen LogP contribution is -2.55. The molecule has 0 spiro atoms. The molecule has 0 radical (unpaired) electrons. The second-order valence-corrected chi connectivity index (χ2v) is 9.58. The summed E-state index contributed by atoms with van der Waals surface area (Å²) < 4.78 is 23.7. The van der Waals surface area contributed by atoms with Crippen molar-refractivity contribution in [3.05, 3.63) is 70.6 Å². The molecule has 0 aliphatic carbocycles. The van der Waals surface area contributed by atoms with Gasteiger partial charge in [0, 0.05) is 34.1 Å². The quantitative estimate of drug-likeness (QED) is 0.351. The Hall–Kier alpha value is -3.39. The highest BCUT2D eigenvalue weighted by Crippen LogP contribution is 2.26. The van der Waals surface area contributed by atoms with E-state index in [1.54, 1.807) is 45.2 Å². The first-order chi connectivity index (χ1) is 15.9. The van der Waals surface area contributed by atoms with Crippen molar-refractivity contribution in [2.24, 2.45) is 0 Å². The Morgan fingerprint density at radius 2 is 1.74 bits per heavy atom. The van der Waals surface area contributed by atoms with Gasteiger partial charge in [-0.15, -0.1) is 0 Å². The summed E-state index contributed by atoms with van der Waals surface area (Å²) in [5.74, 6) is -1.81. The Balaban J connectivity index is 1.82. The van der Waals surface area contributed by atoms with E-state index in [1.165, 1.54) is 19.1 Å². The maximum absolute atomic E-state index is 13.1. The average molecular weight is 489 g/mol. The molecule has 0 unspecified atom stereocenters. The van der Waals surface area contributed by atoms with Gasteiger partial charge in [0.15, 0.2) is 12.4 Å². The molecule has 0 aliphatic heterocycles. The van der Waals surface area contributed by atoms with Crippen LogP contribution in [0.2, 0.25) is 5.02 Å². The van der Waals surface area contributed by atoms with E-state index in [-0.39, 0.29) is 12.0 Å². The fourth-order valence-corrected chi connectivity index (χ4v) is 3.56. The molecule has 1 amide bonds. The number of aromatic nitrogens is 1. The number of amides is 1. The number of ether oxygens (including phenoxy) is 2. The second-order valence-electron chi connectivity index (χ2n) is 9.15. The number of fused-ring (bicyclic) bond motifs is 1. The zero-order chi connectivity index (χ0) is 25.1. The third-order valence-corrected chi connectivity index (χ3v) is 5.24. The van der Waals surface area contributed by atoms with Gasteiger partial charge < -0.3 is 19.8 Å². The second kappa shape index (κ2) is 9.85. The van der Waals surface area contributed by atoms with E-state index in [4.69, 9.17) is 21.1 Å². The molecular weight excluding hydrogens is 463 g/mol. The highest BCUT2D eigenvalue weighted by Gasteiger charge is 2.39. The number of nitrogens with one attached hydrogen (secondary N) is 2.